The van der Waals surface area contributed by atoms with E-state index in [2.05, 4.69) is 32.3 Å². The average molecular weight is 374 g/mol. The van der Waals surface area contributed by atoms with Gasteiger partial charge in [-0.3, -0.25) is 9.78 Å². The third kappa shape index (κ3) is 6.66. The Labute approximate surface area is 161 Å². The van der Waals surface area contributed by atoms with Crippen LogP contribution in [0.15, 0.2) is 18.5 Å². The van der Waals surface area contributed by atoms with Gasteiger partial charge in [-0.2, -0.15) is 0 Å². The van der Waals surface area contributed by atoms with Gasteiger partial charge in [-0.05, 0) is 38.2 Å². The summed E-state index contributed by atoms with van der Waals surface area (Å²) in [6.07, 6.45) is 12.8. The summed E-state index contributed by atoms with van der Waals surface area (Å²) < 4.78 is 4.53. The molecule has 1 aromatic heterocycles. The first-order valence-electron chi connectivity index (χ1n) is 9.68. The molecule has 1 amide bonds. The predicted molar refractivity (Wildman–Crippen MR) is 105 cm³/mol. The highest BCUT2D eigenvalue weighted by molar-refractivity contribution is 5.86. The van der Waals surface area contributed by atoms with Crippen LogP contribution < -0.4 is 10.6 Å². The molecule has 0 unspecified atom stereocenters. The first-order valence-corrected chi connectivity index (χ1v) is 9.68. The highest BCUT2D eigenvalue weighted by atomic mass is 16.5. The number of methoxy groups -OCH3 is 1. The summed E-state index contributed by atoms with van der Waals surface area (Å²) in [6.45, 7) is 4.06. The van der Waals surface area contributed by atoms with Crippen LogP contribution in [0.4, 0.5) is 5.82 Å². The van der Waals surface area contributed by atoms with E-state index < -0.39 is 5.97 Å². The second kappa shape index (κ2) is 10.6. The van der Waals surface area contributed by atoms with Crippen molar-refractivity contribution in [2.75, 3.05) is 12.4 Å². The van der Waals surface area contributed by atoms with E-state index in [9.17, 15) is 9.59 Å². The minimum Gasteiger partial charge on any atom is -0.466 e. The van der Waals surface area contributed by atoms with Crippen molar-refractivity contribution in [1.29, 1.82) is 0 Å². The molecule has 1 heterocycles. The molecule has 0 bridgehead atoms. The smallest absolute Gasteiger partial charge is 0.330 e. The van der Waals surface area contributed by atoms with Crippen LogP contribution >= 0.6 is 0 Å². The minimum absolute atomic E-state index is 0.00737. The topological polar surface area (TPSA) is 93.2 Å². The molecule has 1 saturated carbocycles. The Kier molecular flexibility index (Phi) is 8.23. The van der Waals surface area contributed by atoms with E-state index >= 15 is 0 Å². The first kappa shape index (κ1) is 20.9. The molecule has 1 aromatic rings. The molecule has 148 valence electrons. The van der Waals surface area contributed by atoms with Gasteiger partial charge in [-0.15, -0.1) is 0 Å². The Hall–Kier alpha value is -2.44. The molecule has 1 aliphatic carbocycles. The number of anilines is 1. The van der Waals surface area contributed by atoms with Crippen LogP contribution in [0, 0.1) is 5.92 Å². The zero-order chi connectivity index (χ0) is 19.6. The number of nitrogens with one attached hydrogen (secondary N) is 2. The first-order chi connectivity index (χ1) is 13.0. The van der Waals surface area contributed by atoms with Gasteiger partial charge in [0.1, 0.15) is 11.9 Å². The molecule has 0 spiro atoms. The monoisotopic (exact) mass is 374 g/mol. The van der Waals surface area contributed by atoms with E-state index in [0.717, 1.165) is 0 Å². The van der Waals surface area contributed by atoms with Gasteiger partial charge < -0.3 is 15.4 Å². The van der Waals surface area contributed by atoms with Crippen molar-refractivity contribution in [3.8, 4) is 0 Å². The summed E-state index contributed by atoms with van der Waals surface area (Å²) in [5.41, 5.74) is 0.536. The third-order valence-corrected chi connectivity index (χ3v) is 5.04. The third-order valence-electron chi connectivity index (χ3n) is 5.04. The van der Waals surface area contributed by atoms with Crippen molar-refractivity contribution in [3.63, 3.8) is 0 Å². The quantitative estimate of drug-likeness (QED) is 0.537. The lowest BCUT2D eigenvalue weighted by molar-refractivity contribution is -0.134. The van der Waals surface area contributed by atoms with E-state index in [0.29, 0.717) is 23.9 Å². The lowest BCUT2D eigenvalue weighted by Crippen LogP contribution is -2.46. The number of carbonyl (C=O) groups excluding carboxylic acids is 2. The summed E-state index contributed by atoms with van der Waals surface area (Å²) in [4.78, 5) is 32.2. The van der Waals surface area contributed by atoms with Crippen molar-refractivity contribution < 1.29 is 14.3 Å². The van der Waals surface area contributed by atoms with E-state index in [1.54, 1.807) is 6.20 Å². The van der Waals surface area contributed by atoms with Crippen LogP contribution in [0.1, 0.15) is 58.1 Å². The molecule has 0 aromatic carbocycles. The van der Waals surface area contributed by atoms with Crippen molar-refractivity contribution in [1.82, 2.24) is 15.3 Å². The second-order valence-electron chi connectivity index (χ2n) is 6.98. The molecule has 2 N–H and O–H groups in total. The number of hydrogen-bond acceptors (Lipinski definition) is 6. The number of rotatable bonds is 8. The Morgan fingerprint density at radius 3 is 2.59 bits per heavy atom. The summed E-state index contributed by atoms with van der Waals surface area (Å²) in [7, 11) is 1.32. The summed E-state index contributed by atoms with van der Waals surface area (Å²) >= 11 is 0. The van der Waals surface area contributed by atoms with Gasteiger partial charge in [0.2, 0.25) is 5.91 Å². The molecule has 0 aliphatic heterocycles. The zero-order valence-corrected chi connectivity index (χ0v) is 16.4. The molecule has 2 atom stereocenters. The lowest BCUT2D eigenvalue weighted by atomic mass is 9.84. The molecule has 1 fully saturated rings. The number of nitrogens with zero attached hydrogens (tertiary/aromatic N) is 2. The number of hydrogen-bond donors (Lipinski definition) is 2. The fourth-order valence-electron chi connectivity index (χ4n) is 3.33. The second-order valence-corrected chi connectivity index (χ2v) is 6.98. The maximum Gasteiger partial charge on any atom is 0.330 e. The maximum atomic E-state index is 12.6. The molecule has 7 nitrogen and oxygen atoms in total. The van der Waals surface area contributed by atoms with Crippen molar-refractivity contribution in [2.45, 2.75) is 64.5 Å². The van der Waals surface area contributed by atoms with Gasteiger partial charge in [0.15, 0.2) is 0 Å². The SMILES string of the molecule is CC[C@@H](Nc1cnc(/C=C/C(=O)OC)cn1)C(=O)N[C@@H](C)C1CCCCC1. The van der Waals surface area contributed by atoms with Gasteiger partial charge in [0.25, 0.3) is 0 Å². The molecule has 0 saturated heterocycles. The number of aromatic nitrogens is 2. The van der Waals surface area contributed by atoms with Crippen LogP contribution in [0.3, 0.4) is 0 Å². The number of ether oxygens (including phenoxy) is 1. The predicted octanol–water partition coefficient (Wildman–Crippen LogP) is 2.94. The van der Waals surface area contributed by atoms with Crippen LogP contribution in [-0.2, 0) is 14.3 Å². The molecule has 2 rings (SSSR count). The van der Waals surface area contributed by atoms with Crippen molar-refractivity contribution in [2.24, 2.45) is 5.92 Å². The summed E-state index contributed by atoms with van der Waals surface area (Å²) in [5, 5.41) is 6.30. The molecule has 27 heavy (non-hydrogen) atoms. The zero-order valence-electron chi connectivity index (χ0n) is 16.4. The average Bonchev–Trinajstić information content (AvgIpc) is 2.71. The Morgan fingerprint density at radius 1 is 1.26 bits per heavy atom. The van der Waals surface area contributed by atoms with E-state index in [4.69, 9.17) is 0 Å². The highest BCUT2D eigenvalue weighted by Gasteiger charge is 2.24. The van der Waals surface area contributed by atoms with Crippen LogP contribution in [0.2, 0.25) is 0 Å². The Morgan fingerprint density at radius 2 is 2.00 bits per heavy atom. The molecule has 7 heteroatoms. The fourth-order valence-corrected chi connectivity index (χ4v) is 3.33. The van der Waals surface area contributed by atoms with Crippen molar-refractivity contribution >= 4 is 23.8 Å². The van der Waals surface area contributed by atoms with Crippen molar-refractivity contribution in [3.05, 3.63) is 24.2 Å². The summed E-state index contributed by atoms with van der Waals surface area (Å²) in [5.74, 6) is 0.638. The summed E-state index contributed by atoms with van der Waals surface area (Å²) in [6, 6.07) is -0.174. The fraction of sp³-hybridized carbons (Fsp3) is 0.600. The standard InChI is InChI=1S/C20H30N4O3/c1-4-17(20(26)23-14(2)15-8-6-5-7-9-15)24-18-13-21-16(12-22-18)10-11-19(25)27-3/h10-15,17H,4-9H2,1-3H3,(H,22,24)(H,23,26)/b11-10+/t14-,17+/m0/s1. The van der Waals surface area contributed by atoms with E-state index in [1.165, 1.54) is 57.6 Å². The van der Waals surface area contributed by atoms with E-state index in [1.807, 2.05) is 6.92 Å². The number of carbonyl (C=O) groups is 2. The Balaban J connectivity index is 1.90. The molecular weight excluding hydrogens is 344 g/mol. The van der Waals surface area contributed by atoms with Gasteiger partial charge in [0, 0.05) is 12.1 Å². The minimum atomic E-state index is -0.450. The highest BCUT2D eigenvalue weighted by Crippen LogP contribution is 2.26. The number of amides is 1. The van der Waals surface area contributed by atoms with Gasteiger partial charge in [-0.1, -0.05) is 26.2 Å². The van der Waals surface area contributed by atoms with Gasteiger partial charge in [-0.25, -0.2) is 9.78 Å². The number of esters is 1. The van der Waals surface area contributed by atoms with Crippen LogP contribution in [0.25, 0.3) is 6.08 Å². The molecule has 0 radical (unpaired) electrons. The van der Waals surface area contributed by atoms with Gasteiger partial charge in [0.05, 0.1) is 25.2 Å². The van der Waals surface area contributed by atoms with Gasteiger partial charge >= 0.3 is 5.97 Å². The molecular formula is C20H30N4O3. The van der Waals surface area contributed by atoms with Crippen LogP contribution in [0.5, 0.6) is 0 Å². The molecule has 1 aliphatic rings. The van der Waals surface area contributed by atoms with E-state index in [-0.39, 0.29) is 18.0 Å². The van der Waals surface area contributed by atoms with Crippen LogP contribution in [-0.4, -0.2) is 41.0 Å². The largest absolute Gasteiger partial charge is 0.466 e. The maximum absolute atomic E-state index is 12.6. The normalized spacial score (nSPS) is 17.3. The lowest BCUT2D eigenvalue weighted by Gasteiger charge is -2.29. The Bertz CT molecular complexity index is 639.